The minimum Gasteiger partial charge on any atom is -0.396 e. The van der Waals surface area contributed by atoms with E-state index in [-0.39, 0.29) is 12.2 Å². The zero-order chi connectivity index (χ0) is 13.9. The molecule has 100 valence electrons. The summed E-state index contributed by atoms with van der Waals surface area (Å²) in [6.45, 7) is 1.77. The van der Waals surface area contributed by atoms with Crippen molar-refractivity contribution in [1.82, 2.24) is 4.90 Å². The first-order valence-corrected chi connectivity index (χ1v) is 5.51. The van der Waals surface area contributed by atoms with Crippen LogP contribution < -0.4 is 5.73 Å². The third-order valence-corrected chi connectivity index (χ3v) is 2.56. The van der Waals surface area contributed by atoms with Gasteiger partial charge in [-0.25, -0.2) is 8.78 Å². The molecule has 0 aliphatic carbocycles. The van der Waals surface area contributed by atoms with Crippen molar-refractivity contribution in [1.29, 1.82) is 0 Å². The van der Waals surface area contributed by atoms with Crippen LogP contribution in [0.5, 0.6) is 0 Å². The number of carbonyl (C=O) groups is 1. The lowest BCUT2D eigenvalue weighted by Gasteiger charge is -2.19. The van der Waals surface area contributed by atoms with Crippen molar-refractivity contribution in [3.63, 3.8) is 0 Å². The number of benzene rings is 1. The fourth-order valence-corrected chi connectivity index (χ4v) is 1.44. The Hall–Kier alpha value is -1.69. The second kappa shape index (κ2) is 5.77. The van der Waals surface area contributed by atoms with Crippen molar-refractivity contribution in [2.24, 2.45) is 0 Å². The van der Waals surface area contributed by atoms with E-state index in [0.29, 0.717) is 6.42 Å². The molecule has 3 N–H and O–H groups in total. The summed E-state index contributed by atoms with van der Waals surface area (Å²) in [4.78, 5) is 13.0. The van der Waals surface area contributed by atoms with E-state index in [1.54, 1.807) is 6.92 Å². The van der Waals surface area contributed by atoms with Gasteiger partial charge >= 0.3 is 0 Å². The third kappa shape index (κ3) is 3.16. The first-order valence-electron chi connectivity index (χ1n) is 5.51. The van der Waals surface area contributed by atoms with Gasteiger partial charge in [-0.1, -0.05) is 0 Å². The van der Waals surface area contributed by atoms with Crippen LogP contribution in [0.4, 0.5) is 14.5 Å². The monoisotopic (exact) mass is 258 g/mol. The summed E-state index contributed by atoms with van der Waals surface area (Å²) in [5.41, 5.74) is 4.36. The third-order valence-electron chi connectivity index (χ3n) is 2.56. The van der Waals surface area contributed by atoms with Crippen LogP contribution >= 0.6 is 0 Å². The number of aliphatic hydroxyl groups excluding tert-OH is 1. The minimum absolute atomic E-state index is 0.199. The molecule has 4 nitrogen and oxygen atoms in total. The maximum Gasteiger partial charge on any atom is 0.259 e. The molecule has 1 aromatic carbocycles. The molecule has 1 amide bonds. The second-order valence-electron chi connectivity index (χ2n) is 4.19. The van der Waals surface area contributed by atoms with E-state index in [4.69, 9.17) is 10.8 Å². The van der Waals surface area contributed by atoms with Crippen LogP contribution in [0.15, 0.2) is 12.1 Å². The highest BCUT2D eigenvalue weighted by molar-refractivity contribution is 5.95. The molecule has 0 aromatic heterocycles. The highest BCUT2D eigenvalue weighted by Crippen LogP contribution is 2.20. The van der Waals surface area contributed by atoms with Crippen molar-refractivity contribution in [2.45, 2.75) is 19.4 Å². The normalized spacial score (nSPS) is 12.3. The zero-order valence-corrected chi connectivity index (χ0v) is 10.3. The molecule has 18 heavy (non-hydrogen) atoms. The number of carbonyl (C=O) groups excluding carboxylic acids is 1. The first-order chi connectivity index (χ1) is 8.34. The smallest absolute Gasteiger partial charge is 0.259 e. The number of nitrogens with two attached hydrogens (primary N) is 1. The van der Waals surface area contributed by atoms with E-state index in [9.17, 15) is 13.6 Å². The summed E-state index contributed by atoms with van der Waals surface area (Å²) < 4.78 is 27.1. The molecule has 0 spiro atoms. The average molecular weight is 258 g/mol. The summed E-state index contributed by atoms with van der Waals surface area (Å²) in [6, 6.07) is 2.02. The van der Waals surface area contributed by atoms with Crippen molar-refractivity contribution >= 4 is 11.6 Å². The molecule has 1 unspecified atom stereocenters. The average Bonchev–Trinajstić information content (AvgIpc) is 2.31. The highest BCUT2D eigenvalue weighted by atomic mass is 19.1. The highest BCUT2D eigenvalue weighted by Gasteiger charge is 2.22. The molecule has 1 atom stereocenters. The molecule has 0 aliphatic heterocycles. The predicted octanol–water partition coefficient (Wildman–Crippen LogP) is 1.39. The molecular weight excluding hydrogens is 242 g/mol. The Morgan fingerprint density at radius 2 is 2.11 bits per heavy atom. The number of aliphatic hydroxyl groups is 1. The quantitative estimate of drug-likeness (QED) is 0.802. The minimum atomic E-state index is -1.05. The Labute approximate surface area is 104 Å². The second-order valence-corrected chi connectivity index (χ2v) is 4.19. The van der Waals surface area contributed by atoms with E-state index >= 15 is 0 Å². The number of nitrogens with zero attached hydrogens (tertiary/aromatic N) is 1. The maximum absolute atomic E-state index is 13.6. The van der Waals surface area contributed by atoms with Crippen LogP contribution in [-0.2, 0) is 0 Å². The van der Waals surface area contributed by atoms with Crippen LogP contribution in [0.1, 0.15) is 23.7 Å². The fourth-order valence-electron chi connectivity index (χ4n) is 1.44. The predicted molar refractivity (Wildman–Crippen MR) is 64.0 cm³/mol. The first kappa shape index (κ1) is 14.4. The van der Waals surface area contributed by atoms with E-state index in [1.165, 1.54) is 7.05 Å². The molecule has 6 heteroatoms. The van der Waals surface area contributed by atoms with Gasteiger partial charge in [-0.2, -0.15) is 0 Å². The van der Waals surface area contributed by atoms with Crippen molar-refractivity contribution < 1.29 is 18.7 Å². The molecule has 0 heterocycles. The lowest BCUT2D eigenvalue weighted by Crippen LogP contribution is -2.31. The summed E-state index contributed by atoms with van der Waals surface area (Å²) in [6.07, 6.45) is -0.260. The van der Waals surface area contributed by atoms with Gasteiger partial charge in [-0.3, -0.25) is 4.79 Å². The van der Waals surface area contributed by atoms with E-state index in [2.05, 4.69) is 0 Å². The van der Waals surface area contributed by atoms with Gasteiger partial charge in [-0.05, 0) is 25.5 Å². The zero-order valence-electron chi connectivity index (χ0n) is 10.3. The largest absolute Gasteiger partial charge is 0.396 e. The Balaban J connectivity index is 2.93. The lowest BCUT2D eigenvalue weighted by molar-refractivity contribution is 0.0759. The number of amides is 1. The van der Waals surface area contributed by atoms with Crippen LogP contribution in [-0.4, -0.2) is 35.6 Å². The van der Waals surface area contributed by atoms with Crippen LogP contribution in [0.3, 0.4) is 0 Å². The SMILES string of the molecule is CC(O)CCN(C)C(=O)c1c(F)ccc(N)c1F. The van der Waals surface area contributed by atoms with Gasteiger partial charge in [-0.15, -0.1) is 0 Å². The Bertz CT molecular complexity index is 450. The molecule has 0 saturated carbocycles. The molecule has 1 rings (SSSR count). The van der Waals surface area contributed by atoms with E-state index in [0.717, 1.165) is 17.0 Å². The number of anilines is 1. The summed E-state index contributed by atoms with van der Waals surface area (Å²) >= 11 is 0. The van der Waals surface area contributed by atoms with Crippen LogP contribution in [0.2, 0.25) is 0 Å². The number of halogens is 2. The van der Waals surface area contributed by atoms with Gasteiger partial charge < -0.3 is 15.7 Å². The van der Waals surface area contributed by atoms with Crippen molar-refractivity contribution in [3.05, 3.63) is 29.3 Å². The number of hydrogen-bond donors (Lipinski definition) is 2. The summed E-state index contributed by atoms with van der Waals surface area (Å²) in [5, 5.41) is 9.10. The summed E-state index contributed by atoms with van der Waals surface area (Å²) in [7, 11) is 1.41. The molecule has 0 fully saturated rings. The number of hydrogen-bond acceptors (Lipinski definition) is 3. The molecule has 0 bridgehead atoms. The summed E-state index contributed by atoms with van der Waals surface area (Å²) in [5.74, 6) is -2.79. The maximum atomic E-state index is 13.6. The van der Waals surface area contributed by atoms with Crippen LogP contribution in [0, 0.1) is 11.6 Å². The van der Waals surface area contributed by atoms with Gasteiger partial charge in [0.15, 0.2) is 5.82 Å². The molecule has 0 aliphatic rings. The molecule has 1 aromatic rings. The molecular formula is C12H16F2N2O2. The van der Waals surface area contributed by atoms with Gasteiger partial charge in [0, 0.05) is 13.6 Å². The van der Waals surface area contributed by atoms with Crippen molar-refractivity contribution in [2.75, 3.05) is 19.3 Å². The molecule has 0 radical (unpaired) electrons. The fraction of sp³-hybridized carbons (Fsp3) is 0.417. The Kier molecular flexibility index (Phi) is 4.61. The van der Waals surface area contributed by atoms with Crippen LogP contribution in [0.25, 0.3) is 0 Å². The van der Waals surface area contributed by atoms with Gasteiger partial charge in [0.25, 0.3) is 5.91 Å². The van der Waals surface area contributed by atoms with Gasteiger partial charge in [0.05, 0.1) is 11.8 Å². The lowest BCUT2D eigenvalue weighted by atomic mass is 10.1. The van der Waals surface area contributed by atoms with Gasteiger partial charge in [0.2, 0.25) is 0 Å². The number of rotatable bonds is 4. The van der Waals surface area contributed by atoms with E-state index in [1.807, 2.05) is 0 Å². The Morgan fingerprint density at radius 3 is 2.67 bits per heavy atom. The topological polar surface area (TPSA) is 66.6 Å². The van der Waals surface area contributed by atoms with Crippen molar-refractivity contribution in [3.8, 4) is 0 Å². The van der Waals surface area contributed by atoms with Gasteiger partial charge in [0.1, 0.15) is 11.4 Å². The van der Waals surface area contributed by atoms with E-state index < -0.39 is 29.2 Å². The molecule has 0 saturated heterocycles. The number of nitrogen functional groups attached to an aromatic ring is 1. The Morgan fingerprint density at radius 1 is 1.50 bits per heavy atom. The standard InChI is InChI=1S/C12H16F2N2O2/c1-7(17)5-6-16(2)12(18)10-8(13)3-4-9(15)11(10)14/h3-4,7,17H,5-6,15H2,1-2H3.